The van der Waals surface area contributed by atoms with Gasteiger partial charge in [0.2, 0.25) is 0 Å². The van der Waals surface area contributed by atoms with Gasteiger partial charge in [-0.3, -0.25) is 4.99 Å². The van der Waals surface area contributed by atoms with Crippen LogP contribution >= 0.6 is 35.7 Å². The van der Waals surface area contributed by atoms with Crippen LogP contribution in [0, 0.1) is 0 Å². The van der Waals surface area contributed by atoms with Gasteiger partial charge in [0, 0.05) is 43.4 Å². The lowest BCUT2D eigenvalue weighted by Gasteiger charge is -2.45. The minimum atomic E-state index is -3.14. The lowest BCUT2D eigenvalue weighted by molar-refractivity contribution is 0.293. The molecule has 8 heteroatoms. The number of hydrogen-bond acceptors (Lipinski definition) is 4. The summed E-state index contributed by atoms with van der Waals surface area (Å²) in [4.78, 5) is 7.24. The monoisotopic (exact) mass is 523 g/mol. The van der Waals surface area contributed by atoms with E-state index in [9.17, 15) is 8.42 Å². The average Bonchev–Trinajstić information content (AvgIpc) is 2.63. The normalized spacial score (nSPS) is 20.2. The van der Waals surface area contributed by atoms with E-state index in [-0.39, 0.29) is 24.0 Å². The molecule has 1 heterocycles. The van der Waals surface area contributed by atoms with Crippen molar-refractivity contribution in [2.24, 2.45) is 4.99 Å². The standard InChI is InChI=1S/C19H29N3O2S2.HI/c1-20-18(21-14-16-6-8-17(9-7-16)26(2,23)24)22-12-13-25-19(15-22)10-4-3-5-11-19;/h6-9H,3-5,10-15H2,1-2H3,(H,20,21);1H. The van der Waals surface area contributed by atoms with Crippen molar-refractivity contribution in [1.29, 1.82) is 0 Å². The lowest BCUT2D eigenvalue weighted by atomic mass is 9.87. The fraction of sp³-hybridized carbons (Fsp3) is 0.632. The van der Waals surface area contributed by atoms with E-state index >= 15 is 0 Å². The third kappa shape index (κ3) is 6.00. The predicted octanol–water partition coefficient (Wildman–Crippen LogP) is 3.54. The zero-order valence-electron chi connectivity index (χ0n) is 16.1. The summed E-state index contributed by atoms with van der Waals surface area (Å²) in [7, 11) is -1.31. The number of aliphatic imine (C=N–C) groups is 1. The minimum absolute atomic E-state index is 0. The fourth-order valence-electron chi connectivity index (χ4n) is 3.89. The van der Waals surface area contributed by atoms with E-state index in [0.29, 0.717) is 16.2 Å². The van der Waals surface area contributed by atoms with Crippen molar-refractivity contribution in [3.8, 4) is 0 Å². The van der Waals surface area contributed by atoms with Crippen LogP contribution in [0.1, 0.15) is 37.7 Å². The molecule has 5 nitrogen and oxygen atoms in total. The van der Waals surface area contributed by atoms with E-state index in [1.807, 2.05) is 19.2 Å². The number of benzene rings is 1. The Morgan fingerprint density at radius 2 is 1.89 bits per heavy atom. The number of hydrogen-bond donors (Lipinski definition) is 1. The molecule has 152 valence electrons. The largest absolute Gasteiger partial charge is 0.352 e. The zero-order chi connectivity index (χ0) is 18.6. The molecule has 3 rings (SSSR count). The maximum absolute atomic E-state index is 11.6. The number of rotatable bonds is 3. The van der Waals surface area contributed by atoms with Crippen LogP contribution in [0.2, 0.25) is 0 Å². The molecular formula is C19H30IN3O2S2. The molecule has 0 amide bonds. The van der Waals surface area contributed by atoms with Crippen molar-refractivity contribution < 1.29 is 8.42 Å². The number of nitrogens with zero attached hydrogens (tertiary/aromatic N) is 2. The smallest absolute Gasteiger partial charge is 0.193 e. The van der Waals surface area contributed by atoms with Crippen LogP contribution in [0.4, 0.5) is 0 Å². The molecule has 2 fully saturated rings. The molecule has 1 saturated heterocycles. The third-order valence-electron chi connectivity index (χ3n) is 5.33. The summed E-state index contributed by atoms with van der Waals surface area (Å²) in [5, 5.41) is 3.45. The van der Waals surface area contributed by atoms with E-state index in [1.54, 1.807) is 12.1 Å². The Bertz CT molecular complexity index is 739. The highest BCUT2D eigenvalue weighted by atomic mass is 127. The van der Waals surface area contributed by atoms with Crippen LogP contribution in [0.25, 0.3) is 0 Å². The Morgan fingerprint density at radius 3 is 2.48 bits per heavy atom. The Labute approximate surface area is 184 Å². The summed E-state index contributed by atoms with van der Waals surface area (Å²) in [6.45, 7) is 2.75. The Morgan fingerprint density at radius 1 is 1.22 bits per heavy atom. The molecule has 2 aliphatic rings. The zero-order valence-corrected chi connectivity index (χ0v) is 20.1. The summed E-state index contributed by atoms with van der Waals surface area (Å²) in [6.07, 6.45) is 7.94. The molecule has 0 bridgehead atoms. The van der Waals surface area contributed by atoms with Crippen molar-refractivity contribution in [3.05, 3.63) is 29.8 Å². The van der Waals surface area contributed by atoms with E-state index in [1.165, 1.54) is 38.4 Å². The second kappa shape index (κ2) is 9.82. The molecule has 1 aliphatic carbocycles. The first-order valence-corrected chi connectivity index (χ1v) is 12.2. The van der Waals surface area contributed by atoms with Crippen LogP contribution in [0.5, 0.6) is 0 Å². The topological polar surface area (TPSA) is 61.8 Å². The van der Waals surface area contributed by atoms with E-state index in [4.69, 9.17) is 0 Å². The quantitative estimate of drug-likeness (QED) is 0.373. The molecule has 0 unspecified atom stereocenters. The van der Waals surface area contributed by atoms with Gasteiger partial charge in [0.25, 0.3) is 0 Å². The number of halogens is 1. The summed E-state index contributed by atoms with van der Waals surface area (Å²) in [5.74, 6) is 2.10. The highest BCUT2D eigenvalue weighted by Gasteiger charge is 2.38. The minimum Gasteiger partial charge on any atom is -0.352 e. The maximum atomic E-state index is 11.6. The van der Waals surface area contributed by atoms with Crippen LogP contribution in [0.3, 0.4) is 0 Å². The SMILES string of the molecule is CN=C(NCc1ccc(S(C)(=O)=O)cc1)N1CCSC2(CCCCC2)C1.I. The Kier molecular flexibility index (Phi) is 8.30. The molecule has 0 aromatic heterocycles. The first-order chi connectivity index (χ1) is 12.4. The molecule has 27 heavy (non-hydrogen) atoms. The van der Waals surface area contributed by atoms with Gasteiger partial charge in [-0.05, 0) is 30.5 Å². The summed E-state index contributed by atoms with van der Waals surface area (Å²) < 4.78 is 23.5. The molecule has 1 aromatic carbocycles. The second-order valence-corrected chi connectivity index (χ2v) is 10.9. The summed E-state index contributed by atoms with van der Waals surface area (Å²) >= 11 is 2.16. The van der Waals surface area contributed by atoms with Gasteiger partial charge in [0.05, 0.1) is 4.90 Å². The Balaban J connectivity index is 0.00000261. The first-order valence-electron chi connectivity index (χ1n) is 9.30. The second-order valence-electron chi connectivity index (χ2n) is 7.33. The van der Waals surface area contributed by atoms with E-state index < -0.39 is 9.84 Å². The number of sulfone groups is 1. The summed E-state index contributed by atoms with van der Waals surface area (Å²) in [5.41, 5.74) is 1.05. The van der Waals surface area contributed by atoms with Crippen LogP contribution in [-0.4, -0.2) is 56.2 Å². The van der Waals surface area contributed by atoms with Crippen molar-refractivity contribution in [2.75, 3.05) is 32.1 Å². The van der Waals surface area contributed by atoms with Gasteiger partial charge in [-0.1, -0.05) is 31.4 Å². The third-order valence-corrected chi connectivity index (χ3v) is 7.99. The van der Waals surface area contributed by atoms with Gasteiger partial charge in [-0.15, -0.1) is 24.0 Å². The number of thioether (sulfide) groups is 1. The van der Waals surface area contributed by atoms with Crippen molar-refractivity contribution >= 4 is 51.5 Å². The fourth-order valence-corrected chi connectivity index (χ4v) is 6.09. The van der Waals surface area contributed by atoms with Gasteiger partial charge < -0.3 is 10.2 Å². The lowest BCUT2D eigenvalue weighted by Crippen LogP contribution is -2.53. The van der Waals surface area contributed by atoms with Crippen LogP contribution in [-0.2, 0) is 16.4 Å². The van der Waals surface area contributed by atoms with Gasteiger partial charge in [0.1, 0.15) is 0 Å². The Hall–Kier alpha value is -0.480. The predicted molar refractivity (Wildman–Crippen MR) is 125 cm³/mol. The van der Waals surface area contributed by atoms with Gasteiger partial charge in [-0.25, -0.2) is 8.42 Å². The van der Waals surface area contributed by atoms with Gasteiger partial charge in [0.15, 0.2) is 15.8 Å². The highest BCUT2D eigenvalue weighted by Crippen LogP contribution is 2.42. The molecule has 1 aliphatic heterocycles. The molecule has 0 atom stereocenters. The molecular weight excluding hydrogens is 493 g/mol. The summed E-state index contributed by atoms with van der Waals surface area (Å²) in [6, 6.07) is 7.07. The van der Waals surface area contributed by atoms with Gasteiger partial charge >= 0.3 is 0 Å². The highest BCUT2D eigenvalue weighted by molar-refractivity contribution is 14.0. The van der Waals surface area contributed by atoms with Crippen molar-refractivity contribution in [2.45, 2.75) is 48.3 Å². The van der Waals surface area contributed by atoms with Crippen LogP contribution < -0.4 is 5.32 Å². The molecule has 1 saturated carbocycles. The number of nitrogens with one attached hydrogen (secondary N) is 1. The van der Waals surface area contributed by atoms with Gasteiger partial charge in [-0.2, -0.15) is 11.8 Å². The van der Waals surface area contributed by atoms with E-state index in [0.717, 1.165) is 30.4 Å². The molecule has 0 radical (unpaired) electrons. The molecule has 1 aromatic rings. The van der Waals surface area contributed by atoms with Crippen molar-refractivity contribution in [3.63, 3.8) is 0 Å². The van der Waals surface area contributed by atoms with Crippen LogP contribution in [0.15, 0.2) is 34.2 Å². The molecule has 1 N–H and O–H groups in total. The van der Waals surface area contributed by atoms with Crippen molar-refractivity contribution in [1.82, 2.24) is 10.2 Å². The average molecular weight is 524 g/mol. The number of guanidine groups is 1. The first kappa shape index (κ1) is 22.8. The maximum Gasteiger partial charge on any atom is 0.193 e. The van der Waals surface area contributed by atoms with E-state index in [2.05, 4.69) is 27.0 Å². The molecule has 1 spiro atoms.